The second kappa shape index (κ2) is 7.48. The second-order valence-electron chi connectivity index (χ2n) is 6.35. The topological polar surface area (TPSA) is 81.0 Å². The standard InChI is InChI=1S/C21H17N3O4S/c1-3-28-15-7-5-14(6-8-15)24-19(26)16-9-4-13(12-17(16)20(24)27)18(25)22-21-23(2)10-11-29-21/h4-12H,3H2,1-2H3. The van der Waals surface area contributed by atoms with E-state index in [-0.39, 0.29) is 16.7 Å². The summed E-state index contributed by atoms with van der Waals surface area (Å²) in [4.78, 5) is 43.9. The summed E-state index contributed by atoms with van der Waals surface area (Å²) in [5.74, 6) is -0.699. The largest absolute Gasteiger partial charge is 0.494 e. The highest BCUT2D eigenvalue weighted by molar-refractivity contribution is 7.07. The zero-order valence-corrected chi connectivity index (χ0v) is 16.6. The fourth-order valence-corrected chi connectivity index (χ4v) is 3.78. The van der Waals surface area contributed by atoms with Crippen molar-refractivity contribution in [2.45, 2.75) is 6.92 Å². The first-order valence-corrected chi connectivity index (χ1v) is 9.82. The van der Waals surface area contributed by atoms with Crippen LogP contribution < -0.4 is 14.4 Å². The number of amides is 3. The number of aromatic nitrogens is 1. The number of hydrogen-bond acceptors (Lipinski definition) is 5. The van der Waals surface area contributed by atoms with Gasteiger partial charge in [0.2, 0.25) is 0 Å². The van der Waals surface area contributed by atoms with Crippen LogP contribution in [-0.4, -0.2) is 28.9 Å². The minimum Gasteiger partial charge on any atom is -0.494 e. The lowest BCUT2D eigenvalue weighted by Crippen LogP contribution is -2.29. The molecule has 0 radical (unpaired) electrons. The Bertz CT molecular complexity index is 1190. The molecule has 0 saturated carbocycles. The smallest absolute Gasteiger partial charge is 0.279 e. The van der Waals surface area contributed by atoms with Gasteiger partial charge in [-0.05, 0) is 49.4 Å². The molecule has 4 rings (SSSR count). The average Bonchev–Trinajstić information content (AvgIpc) is 3.23. The quantitative estimate of drug-likeness (QED) is 0.623. The van der Waals surface area contributed by atoms with Gasteiger partial charge < -0.3 is 9.30 Å². The highest BCUT2D eigenvalue weighted by Crippen LogP contribution is 2.30. The predicted molar refractivity (Wildman–Crippen MR) is 108 cm³/mol. The minimum atomic E-state index is -0.467. The molecule has 0 bridgehead atoms. The third-order valence-electron chi connectivity index (χ3n) is 4.50. The van der Waals surface area contributed by atoms with Crippen LogP contribution in [-0.2, 0) is 7.05 Å². The number of carbonyl (C=O) groups excluding carboxylic acids is 3. The van der Waals surface area contributed by atoms with E-state index in [1.54, 1.807) is 42.1 Å². The molecule has 0 atom stereocenters. The summed E-state index contributed by atoms with van der Waals surface area (Å²) < 4.78 is 7.13. The van der Waals surface area contributed by atoms with Crippen molar-refractivity contribution in [2.75, 3.05) is 11.5 Å². The molecular formula is C21H17N3O4S. The van der Waals surface area contributed by atoms with Crippen LogP contribution in [0.3, 0.4) is 0 Å². The molecule has 2 aromatic carbocycles. The van der Waals surface area contributed by atoms with Crippen molar-refractivity contribution >= 4 is 34.7 Å². The zero-order chi connectivity index (χ0) is 20.5. The summed E-state index contributed by atoms with van der Waals surface area (Å²) in [6.45, 7) is 2.40. The van der Waals surface area contributed by atoms with Gasteiger partial charge in [-0.2, -0.15) is 4.99 Å². The van der Waals surface area contributed by atoms with Gasteiger partial charge in [-0.1, -0.05) is 0 Å². The summed E-state index contributed by atoms with van der Waals surface area (Å²) in [6.07, 6.45) is 1.80. The van der Waals surface area contributed by atoms with Crippen LogP contribution in [0.1, 0.15) is 38.0 Å². The molecule has 3 aromatic rings. The Labute approximate surface area is 170 Å². The van der Waals surface area contributed by atoms with Gasteiger partial charge in [0.05, 0.1) is 23.4 Å². The van der Waals surface area contributed by atoms with E-state index in [2.05, 4.69) is 4.99 Å². The van der Waals surface area contributed by atoms with E-state index < -0.39 is 17.7 Å². The third kappa shape index (κ3) is 3.38. The van der Waals surface area contributed by atoms with Crippen molar-refractivity contribution in [1.29, 1.82) is 0 Å². The number of carbonyl (C=O) groups is 3. The molecule has 0 spiro atoms. The van der Waals surface area contributed by atoms with Gasteiger partial charge in [0.1, 0.15) is 5.75 Å². The van der Waals surface area contributed by atoms with Crippen LogP contribution in [0.15, 0.2) is 59.0 Å². The first-order chi connectivity index (χ1) is 14.0. The van der Waals surface area contributed by atoms with Crippen LogP contribution in [0.4, 0.5) is 5.69 Å². The van der Waals surface area contributed by atoms with E-state index in [0.29, 0.717) is 22.8 Å². The molecule has 0 N–H and O–H groups in total. The molecule has 8 heteroatoms. The number of thiazole rings is 1. The maximum atomic E-state index is 12.9. The van der Waals surface area contributed by atoms with Crippen molar-refractivity contribution in [3.8, 4) is 5.75 Å². The van der Waals surface area contributed by atoms with E-state index >= 15 is 0 Å². The Morgan fingerprint density at radius 1 is 1.07 bits per heavy atom. The molecule has 29 heavy (non-hydrogen) atoms. The number of ether oxygens (including phenoxy) is 1. The molecule has 0 unspecified atom stereocenters. The maximum absolute atomic E-state index is 12.9. The van der Waals surface area contributed by atoms with Crippen molar-refractivity contribution in [3.05, 3.63) is 75.5 Å². The summed E-state index contributed by atoms with van der Waals surface area (Å²) in [6, 6.07) is 11.2. The highest BCUT2D eigenvalue weighted by atomic mass is 32.1. The first-order valence-electron chi connectivity index (χ1n) is 8.94. The Morgan fingerprint density at radius 2 is 1.79 bits per heavy atom. The van der Waals surface area contributed by atoms with E-state index in [4.69, 9.17) is 4.74 Å². The number of aryl methyl sites for hydroxylation is 1. The number of rotatable bonds is 4. The van der Waals surface area contributed by atoms with Crippen LogP contribution in [0, 0.1) is 0 Å². The molecule has 146 valence electrons. The van der Waals surface area contributed by atoms with Gasteiger partial charge in [0, 0.05) is 24.2 Å². The number of fused-ring (bicyclic) bond motifs is 1. The number of benzene rings is 2. The average molecular weight is 407 g/mol. The molecule has 1 aromatic heterocycles. The molecule has 1 aliphatic rings. The molecule has 1 aliphatic heterocycles. The monoisotopic (exact) mass is 407 g/mol. The van der Waals surface area contributed by atoms with Gasteiger partial charge in [0.25, 0.3) is 17.7 Å². The summed E-state index contributed by atoms with van der Waals surface area (Å²) in [7, 11) is 1.79. The lowest BCUT2D eigenvalue weighted by Gasteiger charge is -2.14. The fraction of sp³-hybridized carbons (Fsp3) is 0.143. The lowest BCUT2D eigenvalue weighted by molar-refractivity contribution is 0.0925. The van der Waals surface area contributed by atoms with Gasteiger partial charge in [-0.25, -0.2) is 4.90 Å². The van der Waals surface area contributed by atoms with Crippen LogP contribution in [0.25, 0.3) is 0 Å². The van der Waals surface area contributed by atoms with Crippen molar-refractivity contribution in [2.24, 2.45) is 12.0 Å². The Hall–Kier alpha value is -3.52. The van der Waals surface area contributed by atoms with Gasteiger partial charge in [-0.15, -0.1) is 11.3 Å². The van der Waals surface area contributed by atoms with Crippen LogP contribution >= 0.6 is 11.3 Å². The van der Waals surface area contributed by atoms with Crippen molar-refractivity contribution in [3.63, 3.8) is 0 Å². The Balaban J connectivity index is 1.66. The van der Waals surface area contributed by atoms with Gasteiger partial charge in [-0.3, -0.25) is 14.4 Å². The van der Waals surface area contributed by atoms with Crippen LogP contribution in [0.5, 0.6) is 5.75 Å². The summed E-state index contributed by atoms with van der Waals surface area (Å²) >= 11 is 1.34. The summed E-state index contributed by atoms with van der Waals surface area (Å²) in [5, 5.41) is 1.83. The first kappa shape index (κ1) is 18.8. The second-order valence-corrected chi connectivity index (χ2v) is 7.22. The lowest BCUT2D eigenvalue weighted by atomic mass is 10.1. The van der Waals surface area contributed by atoms with Gasteiger partial charge in [0.15, 0.2) is 4.80 Å². The molecule has 0 aliphatic carbocycles. The van der Waals surface area contributed by atoms with E-state index in [1.165, 1.54) is 29.5 Å². The molecule has 0 saturated heterocycles. The molecule has 3 amide bonds. The Morgan fingerprint density at radius 3 is 2.45 bits per heavy atom. The van der Waals surface area contributed by atoms with Crippen molar-refractivity contribution in [1.82, 2.24) is 4.57 Å². The number of hydrogen-bond donors (Lipinski definition) is 0. The van der Waals surface area contributed by atoms with E-state index in [9.17, 15) is 14.4 Å². The maximum Gasteiger partial charge on any atom is 0.279 e. The fourth-order valence-electron chi connectivity index (χ4n) is 3.05. The SMILES string of the molecule is CCOc1ccc(N2C(=O)c3ccc(C(=O)N=c4sccn4C)cc3C2=O)cc1. The normalized spacial score (nSPS) is 13.7. The zero-order valence-electron chi connectivity index (χ0n) is 15.8. The van der Waals surface area contributed by atoms with E-state index in [1.807, 2.05) is 12.3 Å². The molecule has 7 nitrogen and oxygen atoms in total. The van der Waals surface area contributed by atoms with Gasteiger partial charge >= 0.3 is 0 Å². The number of anilines is 1. The highest BCUT2D eigenvalue weighted by Gasteiger charge is 2.37. The molecular weight excluding hydrogens is 390 g/mol. The predicted octanol–water partition coefficient (Wildman–Crippen LogP) is 3.03. The molecule has 0 fully saturated rings. The third-order valence-corrected chi connectivity index (χ3v) is 5.34. The number of nitrogens with zero attached hydrogens (tertiary/aromatic N) is 3. The van der Waals surface area contributed by atoms with Crippen LogP contribution in [0.2, 0.25) is 0 Å². The van der Waals surface area contributed by atoms with Crippen molar-refractivity contribution < 1.29 is 19.1 Å². The minimum absolute atomic E-state index is 0.195. The Kier molecular flexibility index (Phi) is 4.85. The number of imide groups is 1. The summed E-state index contributed by atoms with van der Waals surface area (Å²) in [5.41, 5.74) is 1.16. The molecule has 2 heterocycles. The van der Waals surface area contributed by atoms with E-state index in [0.717, 1.165) is 4.90 Å².